The van der Waals surface area contributed by atoms with Crippen LogP contribution in [0.5, 0.6) is 11.5 Å². The first-order valence-electron chi connectivity index (χ1n) is 10.0. The molecule has 168 valence electrons. The largest absolute Gasteiger partial charge is 0.497 e. The van der Waals surface area contributed by atoms with Crippen molar-refractivity contribution in [2.45, 2.75) is 17.9 Å². The lowest BCUT2D eigenvalue weighted by Gasteiger charge is -2.25. The van der Waals surface area contributed by atoms with Crippen molar-refractivity contribution >= 4 is 21.6 Å². The highest BCUT2D eigenvalue weighted by molar-refractivity contribution is 7.92. The van der Waals surface area contributed by atoms with Gasteiger partial charge in [-0.15, -0.1) is 0 Å². The number of benzene rings is 3. The van der Waals surface area contributed by atoms with Crippen LogP contribution in [0.1, 0.15) is 18.5 Å². The lowest BCUT2D eigenvalue weighted by Crippen LogP contribution is -2.41. The maximum atomic E-state index is 13.4. The number of ether oxygens (including phenoxy) is 2. The fraction of sp³-hybridized carbons (Fsp3) is 0.208. The summed E-state index contributed by atoms with van der Waals surface area (Å²) in [5.41, 5.74) is 1.19. The zero-order chi connectivity index (χ0) is 23.1. The van der Waals surface area contributed by atoms with Gasteiger partial charge in [-0.25, -0.2) is 8.42 Å². The summed E-state index contributed by atoms with van der Waals surface area (Å²) in [7, 11) is -0.927. The van der Waals surface area contributed by atoms with Gasteiger partial charge in [-0.05, 0) is 49.4 Å². The summed E-state index contributed by atoms with van der Waals surface area (Å²) >= 11 is 0. The Morgan fingerprint density at radius 2 is 1.53 bits per heavy atom. The molecule has 0 saturated heterocycles. The number of carbonyl (C=O) groups is 1. The second kappa shape index (κ2) is 10.2. The zero-order valence-electron chi connectivity index (χ0n) is 18.2. The summed E-state index contributed by atoms with van der Waals surface area (Å²) in [6.45, 7) is 1.44. The minimum absolute atomic E-state index is 0.0627. The van der Waals surface area contributed by atoms with Crippen LogP contribution < -0.4 is 19.1 Å². The standard InChI is InChI=1S/C24H26N2O5S/c1-18(22-11-7-8-12-23(22)31-3)25-24(27)17-26(19-9-5-4-6-10-19)32(28,29)21-15-13-20(30-2)14-16-21/h4-16,18H,17H2,1-3H3,(H,25,27)/t18-/m1/s1. The molecule has 0 aliphatic rings. The van der Waals surface area contributed by atoms with Gasteiger partial charge in [0.05, 0.1) is 30.8 Å². The van der Waals surface area contributed by atoms with E-state index in [4.69, 9.17) is 9.47 Å². The number of nitrogens with one attached hydrogen (secondary N) is 1. The molecule has 3 aromatic rings. The van der Waals surface area contributed by atoms with E-state index < -0.39 is 15.9 Å². The lowest BCUT2D eigenvalue weighted by molar-refractivity contribution is -0.120. The van der Waals surface area contributed by atoms with Gasteiger partial charge in [-0.3, -0.25) is 9.10 Å². The highest BCUT2D eigenvalue weighted by atomic mass is 32.2. The van der Waals surface area contributed by atoms with Crippen LogP contribution in [0.4, 0.5) is 5.69 Å². The van der Waals surface area contributed by atoms with Crippen LogP contribution in [-0.2, 0) is 14.8 Å². The average Bonchev–Trinajstić information content (AvgIpc) is 2.82. The van der Waals surface area contributed by atoms with Crippen molar-refractivity contribution in [3.05, 3.63) is 84.4 Å². The number of sulfonamides is 1. The molecule has 3 aromatic carbocycles. The number of para-hydroxylation sites is 2. The third-order valence-corrected chi connectivity index (χ3v) is 6.75. The molecule has 0 aromatic heterocycles. The van der Waals surface area contributed by atoms with E-state index in [-0.39, 0.29) is 17.5 Å². The van der Waals surface area contributed by atoms with E-state index in [1.807, 2.05) is 31.2 Å². The Labute approximate surface area is 188 Å². The van der Waals surface area contributed by atoms with Crippen molar-refractivity contribution in [1.82, 2.24) is 5.32 Å². The Balaban J connectivity index is 1.87. The molecular formula is C24H26N2O5S. The van der Waals surface area contributed by atoms with Gasteiger partial charge in [0.15, 0.2) is 0 Å². The minimum Gasteiger partial charge on any atom is -0.497 e. The molecule has 1 amide bonds. The molecular weight excluding hydrogens is 428 g/mol. The number of carbonyl (C=O) groups excluding carboxylic acids is 1. The number of hydrogen-bond acceptors (Lipinski definition) is 5. The summed E-state index contributed by atoms with van der Waals surface area (Å²) < 4.78 is 38.4. The smallest absolute Gasteiger partial charge is 0.264 e. The summed E-state index contributed by atoms with van der Waals surface area (Å²) in [4.78, 5) is 13.0. The molecule has 8 heteroatoms. The molecule has 0 bridgehead atoms. The Morgan fingerprint density at radius 3 is 2.16 bits per heavy atom. The number of anilines is 1. The van der Waals surface area contributed by atoms with Gasteiger partial charge in [0.25, 0.3) is 10.0 Å². The van der Waals surface area contributed by atoms with Gasteiger partial charge >= 0.3 is 0 Å². The number of amides is 1. The molecule has 1 N–H and O–H groups in total. The molecule has 32 heavy (non-hydrogen) atoms. The normalized spacial score (nSPS) is 12.0. The van der Waals surface area contributed by atoms with Gasteiger partial charge < -0.3 is 14.8 Å². The molecule has 0 saturated carbocycles. The molecule has 0 heterocycles. The highest BCUT2D eigenvalue weighted by Gasteiger charge is 2.28. The third-order valence-electron chi connectivity index (χ3n) is 4.96. The van der Waals surface area contributed by atoms with Gasteiger partial charge in [0.2, 0.25) is 5.91 Å². The Kier molecular flexibility index (Phi) is 7.37. The van der Waals surface area contributed by atoms with Gasteiger partial charge in [0, 0.05) is 5.56 Å². The first kappa shape index (κ1) is 23.1. The number of rotatable bonds is 9. The zero-order valence-corrected chi connectivity index (χ0v) is 19.0. The monoisotopic (exact) mass is 454 g/mol. The average molecular weight is 455 g/mol. The summed E-state index contributed by atoms with van der Waals surface area (Å²) in [6.07, 6.45) is 0. The summed E-state index contributed by atoms with van der Waals surface area (Å²) in [6, 6.07) is 21.6. The number of methoxy groups -OCH3 is 2. The van der Waals surface area contributed by atoms with Crippen LogP contribution >= 0.6 is 0 Å². The molecule has 0 unspecified atom stereocenters. The van der Waals surface area contributed by atoms with E-state index in [0.717, 1.165) is 9.87 Å². The van der Waals surface area contributed by atoms with E-state index in [2.05, 4.69) is 5.32 Å². The van der Waals surface area contributed by atoms with Crippen LogP contribution in [0.3, 0.4) is 0 Å². The molecule has 0 fully saturated rings. The number of hydrogen-bond donors (Lipinski definition) is 1. The summed E-state index contributed by atoms with van der Waals surface area (Å²) in [5.74, 6) is 0.744. The van der Waals surface area contributed by atoms with E-state index >= 15 is 0 Å². The van der Waals surface area contributed by atoms with Crippen molar-refractivity contribution < 1.29 is 22.7 Å². The van der Waals surface area contributed by atoms with Crippen LogP contribution in [0, 0.1) is 0 Å². The van der Waals surface area contributed by atoms with Crippen molar-refractivity contribution in [2.75, 3.05) is 25.1 Å². The SMILES string of the molecule is COc1ccc(S(=O)(=O)N(CC(=O)N[C@H](C)c2ccccc2OC)c2ccccc2)cc1. The van der Waals surface area contributed by atoms with Crippen LogP contribution in [0.15, 0.2) is 83.8 Å². The van der Waals surface area contributed by atoms with E-state index in [1.54, 1.807) is 49.6 Å². The van der Waals surface area contributed by atoms with Crippen molar-refractivity contribution in [3.8, 4) is 11.5 Å². The quantitative estimate of drug-likeness (QED) is 0.532. The van der Waals surface area contributed by atoms with Crippen molar-refractivity contribution in [1.29, 1.82) is 0 Å². The molecule has 1 atom stereocenters. The first-order valence-corrected chi connectivity index (χ1v) is 11.4. The fourth-order valence-electron chi connectivity index (χ4n) is 3.30. The van der Waals surface area contributed by atoms with E-state index in [1.165, 1.54) is 19.2 Å². The van der Waals surface area contributed by atoms with Crippen LogP contribution in [0.2, 0.25) is 0 Å². The Hall–Kier alpha value is -3.52. The molecule has 0 aliphatic heterocycles. The van der Waals surface area contributed by atoms with E-state index in [0.29, 0.717) is 17.2 Å². The van der Waals surface area contributed by atoms with E-state index in [9.17, 15) is 13.2 Å². The first-order chi connectivity index (χ1) is 15.4. The van der Waals surface area contributed by atoms with Gasteiger partial charge in [0.1, 0.15) is 18.0 Å². The second-order valence-electron chi connectivity index (χ2n) is 7.05. The molecule has 0 radical (unpaired) electrons. The predicted octanol–water partition coefficient (Wildman–Crippen LogP) is 3.78. The fourth-order valence-corrected chi connectivity index (χ4v) is 4.72. The van der Waals surface area contributed by atoms with Gasteiger partial charge in [-0.2, -0.15) is 0 Å². The van der Waals surface area contributed by atoms with Crippen molar-refractivity contribution in [3.63, 3.8) is 0 Å². The molecule has 0 spiro atoms. The summed E-state index contributed by atoms with van der Waals surface area (Å²) in [5, 5.41) is 2.87. The second-order valence-corrected chi connectivity index (χ2v) is 8.92. The number of nitrogens with zero attached hydrogens (tertiary/aromatic N) is 1. The highest BCUT2D eigenvalue weighted by Crippen LogP contribution is 2.26. The maximum Gasteiger partial charge on any atom is 0.264 e. The minimum atomic E-state index is -4.00. The topological polar surface area (TPSA) is 84.9 Å². The Bertz CT molecular complexity index is 1150. The van der Waals surface area contributed by atoms with Crippen molar-refractivity contribution in [2.24, 2.45) is 0 Å². The maximum absolute atomic E-state index is 13.4. The van der Waals surface area contributed by atoms with Crippen LogP contribution in [0.25, 0.3) is 0 Å². The predicted molar refractivity (Wildman–Crippen MR) is 124 cm³/mol. The Morgan fingerprint density at radius 1 is 0.906 bits per heavy atom. The van der Waals surface area contributed by atoms with Gasteiger partial charge in [-0.1, -0.05) is 36.4 Å². The molecule has 0 aliphatic carbocycles. The van der Waals surface area contributed by atoms with Crippen LogP contribution in [-0.4, -0.2) is 35.1 Å². The lowest BCUT2D eigenvalue weighted by atomic mass is 10.1. The molecule has 7 nitrogen and oxygen atoms in total. The molecule has 3 rings (SSSR count). The third kappa shape index (κ3) is 5.20.